The third-order valence-electron chi connectivity index (χ3n) is 4.86. The molecule has 2 atom stereocenters. The van der Waals surface area contributed by atoms with Gasteiger partial charge in [0.1, 0.15) is 5.76 Å². The van der Waals surface area contributed by atoms with Crippen molar-refractivity contribution in [2.24, 2.45) is 5.92 Å². The molecule has 6 heteroatoms. The molecule has 3 heterocycles. The number of likely N-dealkylation sites (tertiary alicyclic amines) is 1. The molecule has 1 aliphatic heterocycles. The predicted molar refractivity (Wildman–Crippen MR) is 88.4 cm³/mol. The van der Waals surface area contributed by atoms with Crippen LogP contribution in [0, 0.1) is 5.92 Å². The van der Waals surface area contributed by atoms with Crippen molar-refractivity contribution in [3.63, 3.8) is 0 Å². The molecular formula is C18H22N4O2. The van der Waals surface area contributed by atoms with Crippen LogP contribution in [0.3, 0.4) is 0 Å². The first-order valence-electron chi connectivity index (χ1n) is 8.59. The van der Waals surface area contributed by atoms with Gasteiger partial charge in [-0.2, -0.15) is 0 Å². The summed E-state index contributed by atoms with van der Waals surface area (Å²) in [5.41, 5.74) is 1.45. The third-order valence-corrected chi connectivity index (χ3v) is 4.86. The van der Waals surface area contributed by atoms with Crippen LogP contribution in [0.2, 0.25) is 0 Å². The lowest BCUT2D eigenvalue weighted by Crippen LogP contribution is -2.40. The minimum atomic E-state index is -0.137. The molecule has 2 fully saturated rings. The van der Waals surface area contributed by atoms with Crippen molar-refractivity contribution in [3.8, 4) is 0 Å². The maximum atomic E-state index is 12.4. The van der Waals surface area contributed by atoms with E-state index < -0.39 is 0 Å². The topological polar surface area (TPSA) is 71.3 Å². The fourth-order valence-electron chi connectivity index (χ4n) is 3.30. The van der Waals surface area contributed by atoms with E-state index >= 15 is 0 Å². The Bertz CT molecular complexity index is 711. The van der Waals surface area contributed by atoms with E-state index in [1.54, 1.807) is 6.07 Å². The molecule has 126 valence electrons. The van der Waals surface area contributed by atoms with Gasteiger partial charge in [0.2, 0.25) is 0 Å². The number of nitrogens with zero attached hydrogens (tertiary/aromatic N) is 3. The van der Waals surface area contributed by atoms with Gasteiger partial charge < -0.3 is 9.84 Å². The minimum absolute atomic E-state index is 0.127. The van der Waals surface area contributed by atoms with Crippen LogP contribution in [-0.4, -0.2) is 40.1 Å². The number of pyridine rings is 1. The standard InChI is InChI=1S/C18H22N4O2/c1-12-9-22(10-14-4-2-3-7-19-14)11-16(12)20-18(23)15-8-17(24-21-15)13-5-6-13/h2-4,7-8,12-13,16H,5-6,9-11H2,1H3,(H,20,23)/t12-,16+/m0/s1. The molecule has 24 heavy (non-hydrogen) atoms. The van der Waals surface area contributed by atoms with Crippen molar-refractivity contribution < 1.29 is 9.32 Å². The molecule has 1 saturated carbocycles. The Morgan fingerprint density at radius 3 is 3.00 bits per heavy atom. The summed E-state index contributed by atoms with van der Waals surface area (Å²) in [4.78, 5) is 19.1. The summed E-state index contributed by atoms with van der Waals surface area (Å²) in [5, 5.41) is 7.03. The van der Waals surface area contributed by atoms with Crippen molar-refractivity contribution in [2.75, 3.05) is 13.1 Å². The average molecular weight is 326 g/mol. The quantitative estimate of drug-likeness (QED) is 0.912. The summed E-state index contributed by atoms with van der Waals surface area (Å²) < 4.78 is 5.27. The number of carbonyl (C=O) groups is 1. The van der Waals surface area contributed by atoms with Gasteiger partial charge in [0.15, 0.2) is 5.69 Å². The number of aromatic nitrogens is 2. The summed E-state index contributed by atoms with van der Waals surface area (Å²) in [5.74, 6) is 1.57. The molecule has 1 N–H and O–H groups in total. The Hall–Kier alpha value is -2.21. The third kappa shape index (κ3) is 3.33. The number of nitrogens with one attached hydrogen (secondary N) is 1. The Kier molecular flexibility index (Phi) is 4.06. The maximum absolute atomic E-state index is 12.4. The number of hydrogen-bond acceptors (Lipinski definition) is 5. The van der Waals surface area contributed by atoms with E-state index in [1.165, 1.54) is 0 Å². The Labute approximate surface area is 141 Å². The molecule has 0 unspecified atom stereocenters. The van der Waals surface area contributed by atoms with Crippen LogP contribution in [0.4, 0.5) is 0 Å². The summed E-state index contributed by atoms with van der Waals surface area (Å²) in [6.07, 6.45) is 4.09. The lowest BCUT2D eigenvalue weighted by Gasteiger charge is -2.16. The summed E-state index contributed by atoms with van der Waals surface area (Å²) in [6.45, 7) is 4.76. The molecule has 2 aliphatic rings. The van der Waals surface area contributed by atoms with Gasteiger partial charge in [0, 0.05) is 43.9 Å². The van der Waals surface area contributed by atoms with Gasteiger partial charge in [0.05, 0.1) is 5.69 Å². The van der Waals surface area contributed by atoms with Crippen LogP contribution < -0.4 is 5.32 Å². The second-order valence-corrected chi connectivity index (χ2v) is 6.96. The SMILES string of the molecule is C[C@H]1CN(Cc2ccccn2)C[C@H]1NC(=O)c1cc(C2CC2)on1. The van der Waals surface area contributed by atoms with Gasteiger partial charge in [0.25, 0.3) is 5.91 Å². The molecule has 0 aromatic carbocycles. The van der Waals surface area contributed by atoms with Crippen molar-refractivity contribution in [1.29, 1.82) is 0 Å². The largest absolute Gasteiger partial charge is 0.360 e. The molecule has 6 nitrogen and oxygen atoms in total. The van der Waals surface area contributed by atoms with E-state index in [0.29, 0.717) is 17.5 Å². The molecule has 2 aromatic heterocycles. The van der Waals surface area contributed by atoms with Crippen molar-refractivity contribution >= 4 is 5.91 Å². The fraction of sp³-hybridized carbons (Fsp3) is 0.500. The number of carbonyl (C=O) groups excluding carboxylic acids is 1. The zero-order valence-electron chi connectivity index (χ0n) is 13.8. The van der Waals surface area contributed by atoms with Crippen LogP contribution in [-0.2, 0) is 6.54 Å². The highest BCUT2D eigenvalue weighted by atomic mass is 16.5. The molecule has 1 amide bonds. The van der Waals surface area contributed by atoms with Crippen molar-refractivity contribution in [2.45, 2.75) is 38.3 Å². The first kappa shape index (κ1) is 15.3. The van der Waals surface area contributed by atoms with Crippen LogP contribution in [0.5, 0.6) is 0 Å². The van der Waals surface area contributed by atoms with Gasteiger partial charge in [-0.15, -0.1) is 0 Å². The smallest absolute Gasteiger partial charge is 0.273 e. The number of amides is 1. The van der Waals surface area contributed by atoms with E-state index in [-0.39, 0.29) is 11.9 Å². The van der Waals surface area contributed by atoms with Gasteiger partial charge in [-0.3, -0.25) is 14.7 Å². The van der Waals surface area contributed by atoms with Crippen molar-refractivity contribution in [3.05, 3.63) is 47.6 Å². The van der Waals surface area contributed by atoms with Crippen LogP contribution >= 0.6 is 0 Å². The average Bonchev–Trinajstić information content (AvgIpc) is 3.21. The van der Waals surface area contributed by atoms with E-state index in [2.05, 4.69) is 27.3 Å². The fourth-order valence-corrected chi connectivity index (χ4v) is 3.30. The predicted octanol–water partition coefficient (Wildman–Crippen LogP) is 2.20. The molecule has 0 bridgehead atoms. The monoisotopic (exact) mass is 326 g/mol. The van der Waals surface area contributed by atoms with E-state index in [1.807, 2.05) is 24.4 Å². The lowest BCUT2D eigenvalue weighted by atomic mass is 10.1. The van der Waals surface area contributed by atoms with Gasteiger partial charge >= 0.3 is 0 Å². The van der Waals surface area contributed by atoms with Crippen LogP contribution in [0.25, 0.3) is 0 Å². The normalized spacial score (nSPS) is 24.2. The molecule has 0 spiro atoms. The summed E-state index contributed by atoms with van der Waals surface area (Å²) in [6, 6.07) is 7.88. The molecule has 1 aliphatic carbocycles. The minimum Gasteiger partial charge on any atom is -0.360 e. The van der Waals surface area contributed by atoms with Gasteiger partial charge in [-0.25, -0.2) is 0 Å². The Morgan fingerprint density at radius 2 is 2.25 bits per heavy atom. The summed E-state index contributed by atoms with van der Waals surface area (Å²) >= 11 is 0. The molecule has 1 saturated heterocycles. The Morgan fingerprint density at radius 1 is 1.38 bits per heavy atom. The lowest BCUT2D eigenvalue weighted by molar-refractivity contribution is 0.0922. The second-order valence-electron chi connectivity index (χ2n) is 6.96. The van der Waals surface area contributed by atoms with Gasteiger partial charge in [-0.1, -0.05) is 18.1 Å². The molecule has 4 rings (SSSR count). The molecule has 0 radical (unpaired) electrons. The van der Waals surface area contributed by atoms with Crippen LogP contribution in [0.15, 0.2) is 35.0 Å². The number of rotatable bonds is 5. The van der Waals surface area contributed by atoms with Crippen LogP contribution in [0.1, 0.15) is 47.6 Å². The highest BCUT2D eigenvalue weighted by Gasteiger charge is 2.33. The highest BCUT2D eigenvalue weighted by Crippen LogP contribution is 2.40. The van der Waals surface area contributed by atoms with Crippen molar-refractivity contribution in [1.82, 2.24) is 20.4 Å². The summed E-state index contributed by atoms with van der Waals surface area (Å²) in [7, 11) is 0. The zero-order valence-corrected chi connectivity index (χ0v) is 13.8. The van der Waals surface area contributed by atoms with E-state index in [9.17, 15) is 4.79 Å². The maximum Gasteiger partial charge on any atom is 0.273 e. The zero-order chi connectivity index (χ0) is 16.5. The molecule has 2 aromatic rings. The highest BCUT2D eigenvalue weighted by molar-refractivity contribution is 5.92. The first-order valence-corrected chi connectivity index (χ1v) is 8.59. The second kappa shape index (κ2) is 6.36. The Balaban J connectivity index is 1.34. The molecular weight excluding hydrogens is 304 g/mol. The van der Waals surface area contributed by atoms with E-state index in [4.69, 9.17) is 4.52 Å². The van der Waals surface area contributed by atoms with E-state index in [0.717, 1.165) is 43.9 Å². The first-order chi connectivity index (χ1) is 11.7. The number of hydrogen-bond donors (Lipinski definition) is 1. The van der Waals surface area contributed by atoms with Gasteiger partial charge in [-0.05, 0) is 30.9 Å².